The summed E-state index contributed by atoms with van der Waals surface area (Å²) in [4.78, 5) is 12.6. The van der Waals surface area contributed by atoms with Crippen LogP contribution in [0.15, 0.2) is 0 Å². The first-order valence-corrected chi connectivity index (χ1v) is 2.76. The van der Waals surface area contributed by atoms with Crippen molar-refractivity contribution in [2.24, 2.45) is 0 Å². The van der Waals surface area contributed by atoms with E-state index in [1.54, 1.807) is 0 Å². The Bertz CT molecular complexity index is 84.3. The maximum Gasteiger partial charge on any atom is 0.544 e. The quantitative estimate of drug-likeness (QED) is 0.438. The number of carbonyl (C=O) groups excluding carboxylic acids is 1. The fourth-order valence-electron chi connectivity index (χ4n) is 0.322. The van der Waals surface area contributed by atoms with Gasteiger partial charge in [-0.15, -0.1) is 0 Å². The highest BCUT2D eigenvalue weighted by molar-refractivity contribution is 5.58. The minimum atomic E-state index is -1.26. The normalized spacial score (nSPS) is 8.67. The first-order chi connectivity index (χ1) is 4.31. The highest BCUT2D eigenvalue weighted by Gasteiger charge is 2.00. The summed E-state index contributed by atoms with van der Waals surface area (Å²) < 4.78 is 15.0. The standard InChI is InChI=1S/C5H9FO3/c1-2-3-4-8-5(7)9-6/h2-4H2,1H3. The molecule has 0 amide bonds. The van der Waals surface area contributed by atoms with E-state index in [0.29, 0.717) is 0 Å². The van der Waals surface area contributed by atoms with Crippen LogP contribution in [0.2, 0.25) is 0 Å². The molecule has 9 heavy (non-hydrogen) atoms. The lowest BCUT2D eigenvalue weighted by Crippen LogP contribution is -2.02. The Kier molecular flexibility index (Phi) is 4.86. The van der Waals surface area contributed by atoms with E-state index in [1.807, 2.05) is 6.92 Å². The highest BCUT2D eigenvalue weighted by Crippen LogP contribution is 1.90. The van der Waals surface area contributed by atoms with Gasteiger partial charge in [0.2, 0.25) is 0 Å². The molecule has 0 N–H and O–H groups in total. The van der Waals surface area contributed by atoms with Gasteiger partial charge in [-0.2, -0.15) is 0 Å². The van der Waals surface area contributed by atoms with E-state index in [9.17, 15) is 9.32 Å². The molecule has 0 unspecified atom stereocenters. The smallest absolute Gasteiger partial charge is 0.432 e. The summed E-state index contributed by atoms with van der Waals surface area (Å²) in [6.45, 7) is 2.16. The SMILES string of the molecule is CCCCOC(=O)OF. The monoisotopic (exact) mass is 136 g/mol. The number of unbranched alkanes of at least 4 members (excludes halogenated alkanes) is 1. The van der Waals surface area contributed by atoms with Gasteiger partial charge in [0.25, 0.3) is 0 Å². The summed E-state index contributed by atoms with van der Waals surface area (Å²) in [6, 6.07) is 0. The van der Waals surface area contributed by atoms with Crippen molar-refractivity contribution in [3.63, 3.8) is 0 Å². The van der Waals surface area contributed by atoms with Gasteiger partial charge in [-0.3, -0.25) is 0 Å². The van der Waals surface area contributed by atoms with Gasteiger partial charge >= 0.3 is 6.16 Å². The van der Waals surface area contributed by atoms with Crippen molar-refractivity contribution in [3.8, 4) is 0 Å². The van der Waals surface area contributed by atoms with Crippen molar-refractivity contribution in [1.29, 1.82) is 0 Å². The van der Waals surface area contributed by atoms with Crippen LogP contribution >= 0.6 is 0 Å². The zero-order chi connectivity index (χ0) is 7.11. The molecule has 0 saturated carbocycles. The van der Waals surface area contributed by atoms with Gasteiger partial charge in [0.05, 0.1) is 6.61 Å². The number of rotatable bonds is 3. The van der Waals surface area contributed by atoms with Gasteiger partial charge in [0.1, 0.15) is 0 Å². The average Bonchev–Trinajstić information content (AvgIpc) is 1.89. The minimum absolute atomic E-state index is 0.221. The van der Waals surface area contributed by atoms with Crippen molar-refractivity contribution in [2.45, 2.75) is 19.8 Å². The van der Waals surface area contributed by atoms with Crippen LogP contribution in [0.25, 0.3) is 0 Å². The maximum atomic E-state index is 10.8. The van der Waals surface area contributed by atoms with Crippen LogP contribution < -0.4 is 0 Å². The molecule has 0 saturated heterocycles. The molecular formula is C5H9FO3. The lowest BCUT2D eigenvalue weighted by molar-refractivity contribution is -0.101. The summed E-state index contributed by atoms with van der Waals surface area (Å²) in [5, 5.41) is 0. The second kappa shape index (κ2) is 5.34. The lowest BCUT2D eigenvalue weighted by atomic mass is 10.4. The topological polar surface area (TPSA) is 35.5 Å². The van der Waals surface area contributed by atoms with E-state index in [0.717, 1.165) is 12.8 Å². The van der Waals surface area contributed by atoms with Crippen LogP contribution in [-0.2, 0) is 9.68 Å². The van der Waals surface area contributed by atoms with Gasteiger partial charge in [0, 0.05) is 4.53 Å². The van der Waals surface area contributed by atoms with Crippen LogP contribution in [0.4, 0.5) is 9.32 Å². The molecule has 0 bridgehead atoms. The van der Waals surface area contributed by atoms with Crippen molar-refractivity contribution in [1.82, 2.24) is 0 Å². The number of carbonyl (C=O) groups is 1. The Morgan fingerprint density at radius 1 is 1.67 bits per heavy atom. The van der Waals surface area contributed by atoms with E-state index >= 15 is 0 Å². The minimum Gasteiger partial charge on any atom is -0.432 e. The van der Waals surface area contributed by atoms with Crippen molar-refractivity contribution < 1.29 is 19.0 Å². The second-order valence-corrected chi connectivity index (χ2v) is 1.53. The predicted octanol–water partition coefficient (Wildman–Crippen LogP) is 1.82. The summed E-state index contributed by atoms with van der Waals surface area (Å²) in [6.07, 6.45) is 0.373. The molecule has 0 spiro atoms. The third kappa shape index (κ3) is 5.06. The largest absolute Gasteiger partial charge is 0.544 e. The summed E-state index contributed by atoms with van der Waals surface area (Å²) in [7, 11) is 0. The highest BCUT2D eigenvalue weighted by atomic mass is 19.3. The van der Waals surface area contributed by atoms with Gasteiger partial charge in [-0.1, -0.05) is 13.3 Å². The Morgan fingerprint density at radius 2 is 2.33 bits per heavy atom. The molecule has 0 aliphatic carbocycles. The Balaban J connectivity index is 2.97. The van der Waals surface area contributed by atoms with E-state index in [4.69, 9.17) is 0 Å². The Morgan fingerprint density at radius 3 is 2.78 bits per heavy atom. The molecule has 0 aromatic heterocycles. The van der Waals surface area contributed by atoms with E-state index < -0.39 is 6.16 Å². The lowest BCUT2D eigenvalue weighted by Gasteiger charge is -1.96. The van der Waals surface area contributed by atoms with E-state index in [2.05, 4.69) is 9.68 Å². The van der Waals surface area contributed by atoms with E-state index in [1.165, 1.54) is 0 Å². The third-order valence-corrected chi connectivity index (χ3v) is 0.781. The molecule has 4 heteroatoms. The van der Waals surface area contributed by atoms with Crippen LogP contribution in [-0.4, -0.2) is 12.8 Å². The van der Waals surface area contributed by atoms with Gasteiger partial charge in [0.15, 0.2) is 0 Å². The third-order valence-electron chi connectivity index (χ3n) is 0.781. The van der Waals surface area contributed by atoms with Crippen LogP contribution in [0.3, 0.4) is 0 Å². The molecule has 0 heterocycles. The molecule has 0 aliphatic rings. The van der Waals surface area contributed by atoms with Crippen LogP contribution in [0.1, 0.15) is 19.8 Å². The Labute approximate surface area is 52.7 Å². The average molecular weight is 136 g/mol. The molecule has 0 radical (unpaired) electrons. The van der Waals surface area contributed by atoms with Crippen LogP contribution in [0.5, 0.6) is 0 Å². The molecule has 0 rings (SSSR count). The molecule has 3 nitrogen and oxygen atoms in total. The maximum absolute atomic E-state index is 10.8. The Hall–Kier alpha value is -0.800. The predicted molar refractivity (Wildman–Crippen MR) is 28.4 cm³/mol. The number of hydrogen-bond acceptors (Lipinski definition) is 3. The van der Waals surface area contributed by atoms with Crippen molar-refractivity contribution in [3.05, 3.63) is 0 Å². The fraction of sp³-hybridized carbons (Fsp3) is 0.800. The molecule has 0 aliphatic heterocycles. The summed E-state index contributed by atoms with van der Waals surface area (Å²) in [5.41, 5.74) is 0. The molecule has 0 aromatic carbocycles. The molecule has 54 valence electrons. The van der Waals surface area contributed by atoms with Crippen LogP contribution in [0, 0.1) is 0 Å². The van der Waals surface area contributed by atoms with Gasteiger partial charge < -0.3 is 4.74 Å². The number of hydrogen-bond donors (Lipinski definition) is 0. The van der Waals surface area contributed by atoms with E-state index in [-0.39, 0.29) is 6.61 Å². The first-order valence-electron chi connectivity index (χ1n) is 2.76. The van der Waals surface area contributed by atoms with Gasteiger partial charge in [-0.05, 0) is 6.42 Å². The molecule has 0 fully saturated rings. The zero-order valence-corrected chi connectivity index (χ0v) is 5.22. The molecule has 0 atom stereocenters. The molecular weight excluding hydrogens is 127 g/mol. The molecule has 0 aromatic rings. The second-order valence-electron chi connectivity index (χ2n) is 1.53. The fourth-order valence-corrected chi connectivity index (χ4v) is 0.322. The van der Waals surface area contributed by atoms with Crippen molar-refractivity contribution >= 4 is 6.16 Å². The summed E-state index contributed by atoms with van der Waals surface area (Å²) >= 11 is 0. The first kappa shape index (κ1) is 8.20. The number of halogens is 1. The zero-order valence-electron chi connectivity index (χ0n) is 5.22. The van der Waals surface area contributed by atoms with Gasteiger partial charge in [-0.25, -0.2) is 9.74 Å². The van der Waals surface area contributed by atoms with Crippen molar-refractivity contribution in [2.75, 3.05) is 6.61 Å². The summed E-state index contributed by atoms with van der Waals surface area (Å²) in [5.74, 6) is 0. The number of ether oxygens (including phenoxy) is 1.